The van der Waals surface area contributed by atoms with E-state index < -0.39 is 5.41 Å². The smallest absolute Gasteiger partial charge is 0.235 e. The van der Waals surface area contributed by atoms with Gasteiger partial charge in [-0.05, 0) is 84.1 Å². The summed E-state index contributed by atoms with van der Waals surface area (Å²) in [4.78, 5) is 17.6. The summed E-state index contributed by atoms with van der Waals surface area (Å²) in [6.07, 6.45) is 3.08. The monoisotopic (exact) mass is 458 g/mol. The summed E-state index contributed by atoms with van der Waals surface area (Å²) < 4.78 is 19.3. The zero-order chi connectivity index (χ0) is 23.7. The lowest BCUT2D eigenvalue weighted by molar-refractivity contribution is -0.118. The fourth-order valence-electron chi connectivity index (χ4n) is 4.22. The first-order chi connectivity index (χ1) is 16.5. The van der Waals surface area contributed by atoms with Crippen LogP contribution in [0.5, 0.6) is 5.88 Å². The Morgan fingerprint density at radius 1 is 1.15 bits per heavy atom. The predicted octanol–water partition coefficient (Wildman–Crippen LogP) is 4.45. The number of halogens is 1. The fraction of sp³-hybridized carbons (Fsp3) is 0.240. The molecular weight excluding hydrogens is 435 g/mol. The van der Waals surface area contributed by atoms with Crippen molar-refractivity contribution in [2.45, 2.75) is 32.1 Å². The Labute approximate surface area is 195 Å². The van der Waals surface area contributed by atoms with E-state index in [9.17, 15) is 9.18 Å². The minimum absolute atomic E-state index is 0.154. The average molecular weight is 458 g/mol. The highest BCUT2D eigenvalue weighted by Crippen LogP contribution is 2.50. The van der Waals surface area contributed by atoms with Crippen molar-refractivity contribution in [1.82, 2.24) is 25.6 Å². The molecule has 0 unspecified atom stereocenters. The number of nitrogens with zero attached hydrogens (tertiary/aromatic N) is 4. The number of aryl methyl sites for hydroxylation is 1. The van der Waals surface area contributed by atoms with Crippen LogP contribution in [0.25, 0.3) is 22.5 Å². The lowest BCUT2D eigenvalue weighted by Crippen LogP contribution is -2.28. The number of hydrogen-bond donors (Lipinski definition) is 2. The number of H-pyrrole nitrogens is 1. The Kier molecular flexibility index (Phi) is 5.53. The van der Waals surface area contributed by atoms with Gasteiger partial charge in [0.2, 0.25) is 11.8 Å². The Hall–Kier alpha value is -4.14. The maximum absolute atomic E-state index is 13.9. The summed E-state index contributed by atoms with van der Waals surface area (Å²) in [7, 11) is 0. The van der Waals surface area contributed by atoms with Gasteiger partial charge in [-0.3, -0.25) is 4.79 Å². The van der Waals surface area contributed by atoms with Gasteiger partial charge in [-0.15, -0.1) is 5.10 Å². The summed E-state index contributed by atoms with van der Waals surface area (Å²) in [6, 6.07) is 13.8. The minimum Gasteiger partial charge on any atom is -0.478 e. The van der Waals surface area contributed by atoms with Gasteiger partial charge in [0.25, 0.3) is 0 Å². The van der Waals surface area contributed by atoms with Crippen LogP contribution in [0.1, 0.15) is 30.9 Å². The van der Waals surface area contributed by atoms with Gasteiger partial charge in [0.1, 0.15) is 5.82 Å². The average Bonchev–Trinajstić information content (AvgIpc) is 3.47. The Morgan fingerprint density at radius 3 is 2.68 bits per heavy atom. The molecule has 1 amide bonds. The molecule has 172 valence electrons. The number of aromatic amines is 1. The zero-order valence-electron chi connectivity index (χ0n) is 18.8. The molecule has 0 saturated heterocycles. The van der Waals surface area contributed by atoms with E-state index in [4.69, 9.17) is 4.74 Å². The molecule has 9 heteroatoms. The maximum Gasteiger partial charge on any atom is 0.235 e. The van der Waals surface area contributed by atoms with Crippen LogP contribution < -0.4 is 10.1 Å². The number of hydrogen-bond acceptors (Lipinski definition) is 6. The van der Waals surface area contributed by atoms with Crippen molar-refractivity contribution in [3.8, 4) is 28.4 Å². The SMILES string of the molecule is CCOc1ccc(-c2ccc(NC(=O)C3(c4cc(F)ccc4C)CC3)cc2-c2nnn[nH]2)cn1. The summed E-state index contributed by atoms with van der Waals surface area (Å²) in [5, 5.41) is 17.2. The predicted molar refractivity (Wildman–Crippen MR) is 125 cm³/mol. The first-order valence-electron chi connectivity index (χ1n) is 11.1. The van der Waals surface area contributed by atoms with E-state index in [1.54, 1.807) is 18.3 Å². The number of nitrogens with one attached hydrogen (secondary N) is 2. The molecule has 1 aliphatic carbocycles. The number of ether oxygens (including phenoxy) is 1. The summed E-state index contributed by atoms with van der Waals surface area (Å²) >= 11 is 0. The van der Waals surface area contributed by atoms with Crippen molar-refractivity contribution in [1.29, 1.82) is 0 Å². The van der Waals surface area contributed by atoms with E-state index >= 15 is 0 Å². The molecule has 0 aliphatic heterocycles. The molecule has 1 saturated carbocycles. The van der Waals surface area contributed by atoms with E-state index in [1.807, 2.05) is 38.1 Å². The summed E-state index contributed by atoms with van der Waals surface area (Å²) in [5.41, 5.74) is 3.93. The van der Waals surface area contributed by atoms with Crippen molar-refractivity contribution in [3.05, 3.63) is 71.7 Å². The van der Waals surface area contributed by atoms with Crippen LogP contribution in [-0.2, 0) is 10.2 Å². The highest BCUT2D eigenvalue weighted by atomic mass is 19.1. The normalized spacial score (nSPS) is 14.0. The Bertz CT molecular complexity index is 1330. The van der Waals surface area contributed by atoms with Gasteiger partial charge in [0.15, 0.2) is 5.82 Å². The molecule has 2 aromatic carbocycles. The third kappa shape index (κ3) is 4.00. The molecule has 2 N–H and O–H groups in total. The van der Waals surface area contributed by atoms with Gasteiger partial charge in [-0.2, -0.15) is 0 Å². The third-order valence-corrected chi connectivity index (χ3v) is 6.12. The number of carbonyl (C=O) groups is 1. The Balaban J connectivity index is 1.47. The van der Waals surface area contributed by atoms with Gasteiger partial charge in [-0.1, -0.05) is 12.1 Å². The molecular formula is C25H23FN6O2. The van der Waals surface area contributed by atoms with E-state index in [2.05, 4.69) is 30.9 Å². The molecule has 8 nitrogen and oxygen atoms in total. The van der Waals surface area contributed by atoms with Crippen molar-refractivity contribution in [2.24, 2.45) is 0 Å². The number of carbonyl (C=O) groups excluding carboxylic acids is 1. The van der Waals surface area contributed by atoms with Crippen molar-refractivity contribution in [3.63, 3.8) is 0 Å². The Morgan fingerprint density at radius 2 is 2.00 bits per heavy atom. The molecule has 0 bridgehead atoms. The fourth-order valence-corrected chi connectivity index (χ4v) is 4.22. The van der Waals surface area contributed by atoms with Gasteiger partial charge in [0, 0.05) is 29.1 Å². The van der Waals surface area contributed by atoms with Crippen LogP contribution in [0.15, 0.2) is 54.7 Å². The van der Waals surface area contributed by atoms with Crippen LogP contribution in [0.3, 0.4) is 0 Å². The summed E-state index contributed by atoms with van der Waals surface area (Å²) in [5.74, 6) is 0.508. The van der Waals surface area contributed by atoms with Crippen LogP contribution in [0.4, 0.5) is 10.1 Å². The third-order valence-electron chi connectivity index (χ3n) is 6.12. The molecule has 0 radical (unpaired) electrons. The van der Waals surface area contributed by atoms with Gasteiger partial charge in [0.05, 0.1) is 12.0 Å². The largest absolute Gasteiger partial charge is 0.478 e. The van der Waals surface area contributed by atoms with E-state index in [0.717, 1.165) is 22.3 Å². The second-order valence-electron chi connectivity index (χ2n) is 8.32. The molecule has 0 spiro atoms. The molecule has 34 heavy (non-hydrogen) atoms. The summed E-state index contributed by atoms with van der Waals surface area (Å²) in [6.45, 7) is 4.34. The topological polar surface area (TPSA) is 106 Å². The standard InChI is InChI=1S/C25H23FN6O2/c1-3-34-22-9-5-16(14-27-22)19-8-7-18(13-20(19)23-29-31-32-30-23)28-24(33)25(10-11-25)21-12-17(26)6-4-15(21)2/h4-9,12-14H,3,10-11H2,1-2H3,(H,28,33)(H,29,30,31,32). The first-order valence-corrected chi connectivity index (χ1v) is 11.1. The minimum atomic E-state index is -0.710. The molecule has 0 atom stereocenters. The van der Waals surface area contributed by atoms with Gasteiger partial charge < -0.3 is 10.1 Å². The second kappa shape index (κ2) is 8.66. The maximum atomic E-state index is 13.9. The molecule has 2 aromatic heterocycles. The van der Waals surface area contributed by atoms with E-state index in [0.29, 0.717) is 42.4 Å². The van der Waals surface area contributed by atoms with Crippen LogP contribution in [0, 0.1) is 12.7 Å². The number of anilines is 1. The number of tetrazole rings is 1. The lowest BCUT2D eigenvalue weighted by atomic mass is 9.90. The molecule has 1 aliphatic rings. The van der Waals surface area contributed by atoms with Crippen molar-refractivity contribution < 1.29 is 13.9 Å². The molecule has 5 rings (SSSR count). The van der Waals surface area contributed by atoms with Crippen LogP contribution in [-0.4, -0.2) is 38.1 Å². The zero-order valence-corrected chi connectivity index (χ0v) is 18.8. The lowest BCUT2D eigenvalue weighted by Gasteiger charge is -2.19. The van der Waals surface area contributed by atoms with Crippen molar-refractivity contribution in [2.75, 3.05) is 11.9 Å². The number of benzene rings is 2. The second-order valence-corrected chi connectivity index (χ2v) is 8.32. The van der Waals surface area contributed by atoms with E-state index in [1.165, 1.54) is 12.1 Å². The quantitative estimate of drug-likeness (QED) is 0.424. The van der Waals surface area contributed by atoms with Crippen LogP contribution >= 0.6 is 0 Å². The van der Waals surface area contributed by atoms with Crippen molar-refractivity contribution >= 4 is 11.6 Å². The highest BCUT2D eigenvalue weighted by molar-refractivity contribution is 6.02. The number of amides is 1. The number of pyridine rings is 1. The van der Waals surface area contributed by atoms with Gasteiger partial charge >= 0.3 is 0 Å². The molecule has 1 fully saturated rings. The van der Waals surface area contributed by atoms with E-state index in [-0.39, 0.29) is 11.7 Å². The van der Waals surface area contributed by atoms with Gasteiger partial charge in [-0.25, -0.2) is 14.5 Å². The molecule has 2 heterocycles. The highest BCUT2D eigenvalue weighted by Gasteiger charge is 2.52. The first kappa shape index (κ1) is 21.7. The molecule has 4 aromatic rings. The number of aromatic nitrogens is 5. The number of rotatable bonds is 7. The van der Waals surface area contributed by atoms with Crippen LogP contribution in [0.2, 0.25) is 0 Å².